The molecule has 35 atom stereocenters. The van der Waals surface area contributed by atoms with Crippen molar-refractivity contribution < 1.29 is 148 Å². The maximum atomic E-state index is 12.9. The lowest BCUT2D eigenvalue weighted by molar-refractivity contribution is -0.401. The largest absolute Gasteiger partial charge is 0.394 e. The van der Waals surface area contributed by atoms with Gasteiger partial charge in [-0.2, -0.15) is 0 Å². The van der Waals surface area contributed by atoms with E-state index in [2.05, 4.69) is 5.32 Å². The number of carbonyl (C=O) groups is 1. The van der Waals surface area contributed by atoms with Gasteiger partial charge in [0, 0.05) is 6.92 Å². The molecule has 0 spiro atoms. The van der Waals surface area contributed by atoms with Crippen molar-refractivity contribution in [2.24, 2.45) is 0 Å². The Hall–Kier alpha value is -1.69. The summed E-state index contributed by atoms with van der Waals surface area (Å²) < 4.78 is 76.2. The van der Waals surface area contributed by atoms with E-state index in [-0.39, 0.29) is 0 Å². The molecule has 0 saturated carbocycles. The Bertz CT molecular complexity index is 1820. The molecule has 0 aromatic rings. The average molecular weight is 1100 g/mol. The molecule has 0 aliphatic carbocycles. The van der Waals surface area contributed by atoms with Crippen LogP contribution in [-0.2, 0) is 66.4 Å². The predicted molar refractivity (Wildman–Crippen MR) is 235 cm³/mol. The molecule has 7 rings (SSSR count). The van der Waals surface area contributed by atoms with Crippen LogP contribution in [0.2, 0.25) is 0 Å². The van der Waals surface area contributed by atoms with Crippen molar-refractivity contribution in [3.05, 3.63) is 0 Å². The van der Waals surface area contributed by atoms with E-state index in [4.69, 9.17) is 61.6 Å². The Morgan fingerprint density at radius 3 is 1.12 bits per heavy atom. The Morgan fingerprint density at radius 1 is 0.347 bits per heavy atom. The van der Waals surface area contributed by atoms with Crippen molar-refractivity contribution in [2.75, 3.05) is 6.61 Å². The maximum absolute atomic E-state index is 12.9. The SMILES string of the molecule is CC(=O)N[C@H]1[C@H](O[C@H]2[C@H](O[C@H]3[C@H](O[C@@H]4[C@@H](O)[C@H](C)O[C@@H](O)[C@@H]4O)O[C@@H](C)[C@H](O)[C@H]3O)O[C@@H](C)[C@H](O)[C@H]2O)O[C@H](CO)[C@@H](O)[C@@H]1O[C@@H]1O[C@@H](C)[C@H](O)[C@@H](O[C@@H]2O[C@@H](C)[C@H](O)[C@@H](O)[C@H]2O[C@@H]2O[C@@H](C)[C@H](O)[C@@H](O)[C@H]2O)[C@H]1O. The fourth-order valence-corrected chi connectivity index (χ4v) is 10.0. The first-order chi connectivity index (χ1) is 35.2. The van der Waals surface area contributed by atoms with Gasteiger partial charge in [-0.3, -0.25) is 4.79 Å². The molecule has 7 fully saturated rings. The number of aliphatic hydroxyl groups is 16. The number of rotatable bonds is 14. The Morgan fingerprint density at radius 2 is 0.680 bits per heavy atom. The molecule has 0 unspecified atom stereocenters. The first kappa shape index (κ1) is 60.9. The summed E-state index contributed by atoms with van der Waals surface area (Å²) >= 11 is 0. The van der Waals surface area contributed by atoms with E-state index in [0.717, 1.165) is 6.92 Å². The van der Waals surface area contributed by atoms with E-state index < -0.39 is 227 Å². The van der Waals surface area contributed by atoms with Crippen LogP contribution in [0.4, 0.5) is 0 Å². The smallest absolute Gasteiger partial charge is 0.217 e. The third-order valence-electron chi connectivity index (χ3n) is 14.7. The molecule has 7 aliphatic heterocycles. The minimum absolute atomic E-state index is 0.821. The second kappa shape index (κ2) is 25.0. The van der Waals surface area contributed by atoms with Gasteiger partial charge in [-0.25, -0.2) is 0 Å². The lowest BCUT2D eigenvalue weighted by atomic mass is 9.94. The van der Waals surface area contributed by atoms with Gasteiger partial charge in [-0.15, -0.1) is 0 Å². The number of hydrogen-bond acceptors (Lipinski definition) is 30. The number of ether oxygens (including phenoxy) is 13. The summed E-state index contributed by atoms with van der Waals surface area (Å²) in [4.78, 5) is 12.9. The third kappa shape index (κ3) is 12.6. The highest BCUT2D eigenvalue weighted by atomic mass is 16.8. The number of nitrogens with one attached hydrogen (secondary N) is 1. The van der Waals surface area contributed by atoms with E-state index in [9.17, 15) is 86.5 Å². The van der Waals surface area contributed by atoms with Crippen LogP contribution in [0, 0.1) is 0 Å². The number of amides is 1. The molecular weight excluding hydrogens is 1020 g/mol. The third-order valence-corrected chi connectivity index (χ3v) is 14.7. The van der Waals surface area contributed by atoms with Crippen LogP contribution in [0.3, 0.4) is 0 Å². The van der Waals surface area contributed by atoms with Crippen LogP contribution in [-0.4, -0.2) is 309 Å². The second-order valence-electron chi connectivity index (χ2n) is 20.2. The summed E-state index contributed by atoms with van der Waals surface area (Å²) in [5.74, 6) is -0.821. The Kier molecular flexibility index (Phi) is 20.3. The number of carbonyl (C=O) groups excluding carboxylic acids is 1. The molecule has 75 heavy (non-hydrogen) atoms. The lowest BCUT2D eigenvalue weighted by Crippen LogP contribution is -2.70. The van der Waals surface area contributed by atoms with Gasteiger partial charge >= 0.3 is 0 Å². The summed E-state index contributed by atoms with van der Waals surface area (Å²) in [7, 11) is 0. The highest BCUT2D eigenvalue weighted by molar-refractivity contribution is 5.73. The highest BCUT2D eigenvalue weighted by Gasteiger charge is 2.58. The minimum atomic E-state index is -2.09. The van der Waals surface area contributed by atoms with Crippen LogP contribution in [0.15, 0.2) is 0 Å². The molecule has 0 aromatic carbocycles. The standard InChI is InChI=1S/C44H75NO30/c1-9-18(48)25(55)29(59)40(64-9)74-36-27(57)20(50)10(2)66-42(36)72-34-23(53)14(6)65-41(31(34)61)70-32-17(45-15(7)47)39(69-16(8-46)24(32)54)73-35-26(56)19(49)12(4)68-44(35)75-37-28(58)21(51)11(3)67-43(37)71-33-22(52)13(5)63-38(62)30(33)60/h9-14,16-44,46,48-62H,8H2,1-7H3,(H,45,47)/t9-,10-,11-,12-,13-,14-,16+,17+,18-,19-,20-,21-,22-,23-,24+,25+,26+,27+,28+,29+,30+,31+,32+,33+,34+,35+,36+,37+,38+,39-,40-,41-,42-,43-,44-/m0/s1. The molecule has 0 bridgehead atoms. The summed E-state index contributed by atoms with van der Waals surface area (Å²) in [6.07, 6.45) is -58.0. The molecule has 7 saturated heterocycles. The quantitative estimate of drug-likeness (QED) is 0.0768. The van der Waals surface area contributed by atoms with Gasteiger partial charge in [0.25, 0.3) is 0 Å². The maximum Gasteiger partial charge on any atom is 0.217 e. The van der Waals surface area contributed by atoms with Crippen molar-refractivity contribution in [2.45, 2.75) is 263 Å². The van der Waals surface area contributed by atoms with E-state index in [1.54, 1.807) is 0 Å². The van der Waals surface area contributed by atoms with Crippen LogP contribution in [0.1, 0.15) is 48.5 Å². The minimum Gasteiger partial charge on any atom is -0.394 e. The van der Waals surface area contributed by atoms with E-state index in [1.807, 2.05) is 0 Å². The van der Waals surface area contributed by atoms with Crippen LogP contribution < -0.4 is 5.32 Å². The molecule has 0 radical (unpaired) electrons. The van der Waals surface area contributed by atoms with Gasteiger partial charge in [0.1, 0.15) is 134 Å². The fourth-order valence-electron chi connectivity index (χ4n) is 10.0. The van der Waals surface area contributed by atoms with Crippen molar-refractivity contribution in [1.82, 2.24) is 5.32 Å². The van der Waals surface area contributed by atoms with Crippen LogP contribution >= 0.6 is 0 Å². The zero-order valence-electron chi connectivity index (χ0n) is 41.8. The predicted octanol–water partition coefficient (Wildman–Crippen LogP) is -9.97. The molecule has 436 valence electrons. The molecule has 7 aliphatic rings. The summed E-state index contributed by atoms with van der Waals surface area (Å²) in [6, 6.07) is -1.73. The zero-order chi connectivity index (χ0) is 55.4. The van der Waals surface area contributed by atoms with Crippen LogP contribution in [0.25, 0.3) is 0 Å². The molecule has 0 aromatic heterocycles. The summed E-state index contributed by atoms with van der Waals surface area (Å²) in [5, 5.41) is 178. The number of aliphatic hydroxyl groups excluding tert-OH is 16. The van der Waals surface area contributed by atoms with Crippen molar-refractivity contribution >= 4 is 5.91 Å². The van der Waals surface area contributed by atoms with Gasteiger partial charge in [0.2, 0.25) is 5.91 Å². The highest BCUT2D eigenvalue weighted by Crippen LogP contribution is 2.38. The topological polar surface area (TPSA) is 473 Å². The first-order valence-corrected chi connectivity index (χ1v) is 24.8. The normalized spacial score (nSPS) is 55.1. The second-order valence-corrected chi connectivity index (χ2v) is 20.2. The van der Waals surface area contributed by atoms with E-state index in [1.165, 1.54) is 41.5 Å². The first-order valence-electron chi connectivity index (χ1n) is 24.8. The van der Waals surface area contributed by atoms with Gasteiger partial charge in [-0.05, 0) is 41.5 Å². The molecule has 17 N–H and O–H groups in total. The average Bonchev–Trinajstić information content (AvgIpc) is 3.36. The van der Waals surface area contributed by atoms with Gasteiger partial charge in [0.05, 0.1) is 43.2 Å². The van der Waals surface area contributed by atoms with Crippen molar-refractivity contribution in [1.29, 1.82) is 0 Å². The number of hydrogen-bond donors (Lipinski definition) is 17. The molecule has 1 amide bonds. The molecule has 31 heteroatoms. The van der Waals surface area contributed by atoms with Gasteiger partial charge < -0.3 is 149 Å². The molecule has 7 heterocycles. The fraction of sp³-hybridized carbons (Fsp3) is 0.977. The lowest BCUT2D eigenvalue weighted by Gasteiger charge is -2.51. The summed E-state index contributed by atoms with van der Waals surface area (Å²) in [6.45, 7) is 8.16. The van der Waals surface area contributed by atoms with Crippen molar-refractivity contribution in [3.63, 3.8) is 0 Å². The Balaban J connectivity index is 1.14. The zero-order valence-corrected chi connectivity index (χ0v) is 41.8. The van der Waals surface area contributed by atoms with Crippen LogP contribution in [0.5, 0.6) is 0 Å². The molecule has 31 nitrogen and oxygen atoms in total. The van der Waals surface area contributed by atoms with E-state index in [0.29, 0.717) is 0 Å². The van der Waals surface area contributed by atoms with E-state index >= 15 is 0 Å². The Labute approximate surface area is 428 Å². The molecular formula is C44H75NO30. The van der Waals surface area contributed by atoms with Gasteiger partial charge in [0.15, 0.2) is 44.0 Å². The monoisotopic (exact) mass is 1100 g/mol. The summed E-state index contributed by atoms with van der Waals surface area (Å²) in [5.41, 5.74) is 0. The van der Waals surface area contributed by atoms with Crippen molar-refractivity contribution in [3.8, 4) is 0 Å². The van der Waals surface area contributed by atoms with Gasteiger partial charge in [-0.1, -0.05) is 0 Å².